The molecule has 0 saturated carbocycles. The number of carbonyl (C=O) groups excluding carboxylic acids is 3. The molecule has 10 heteroatoms. The zero-order chi connectivity index (χ0) is 26.2. The quantitative estimate of drug-likeness (QED) is 0.554. The van der Waals surface area contributed by atoms with E-state index in [1.807, 2.05) is 30.3 Å². The molecule has 1 fully saturated rings. The Bertz CT molecular complexity index is 1470. The summed E-state index contributed by atoms with van der Waals surface area (Å²) in [6, 6.07) is 19.5. The number of sulfone groups is 1. The molecule has 0 bridgehead atoms. The average molecular weight is 520 g/mol. The molecule has 5 rings (SSSR count). The van der Waals surface area contributed by atoms with E-state index in [1.54, 1.807) is 37.4 Å². The Morgan fingerprint density at radius 3 is 2.38 bits per heavy atom. The van der Waals surface area contributed by atoms with Crippen LogP contribution in [0.25, 0.3) is 11.1 Å². The largest absolute Gasteiger partial charge is 0.497 e. The van der Waals surface area contributed by atoms with E-state index in [1.165, 1.54) is 21.9 Å². The van der Waals surface area contributed by atoms with Crippen LogP contribution in [-0.2, 0) is 19.4 Å². The number of rotatable bonds is 5. The van der Waals surface area contributed by atoms with Crippen LogP contribution in [0, 0.1) is 0 Å². The van der Waals surface area contributed by atoms with Crippen LogP contribution in [0.5, 0.6) is 5.75 Å². The van der Waals surface area contributed by atoms with Crippen LogP contribution in [0.15, 0.2) is 77.7 Å². The van der Waals surface area contributed by atoms with Gasteiger partial charge in [-0.25, -0.2) is 8.42 Å². The first kappa shape index (κ1) is 24.5. The number of carbonyl (C=O) groups is 3. The molecule has 2 heterocycles. The molecule has 3 aromatic rings. The van der Waals surface area contributed by atoms with Crippen molar-refractivity contribution in [3.8, 4) is 16.9 Å². The van der Waals surface area contributed by atoms with Gasteiger partial charge in [0.25, 0.3) is 5.91 Å². The Labute approximate surface area is 214 Å². The lowest BCUT2D eigenvalue weighted by molar-refractivity contribution is -0.133. The lowest BCUT2D eigenvalue weighted by Gasteiger charge is -2.39. The predicted octanol–water partition coefficient (Wildman–Crippen LogP) is 2.44. The van der Waals surface area contributed by atoms with Gasteiger partial charge in [-0.1, -0.05) is 36.4 Å². The van der Waals surface area contributed by atoms with Gasteiger partial charge < -0.3 is 19.9 Å². The lowest BCUT2D eigenvalue weighted by atomic mass is 10.0. The van der Waals surface area contributed by atoms with Crippen LogP contribution in [0.4, 0.5) is 5.69 Å². The van der Waals surface area contributed by atoms with E-state index in [9.17, 15) is 22.8 Å². The highest BCUT2D eigenvalue weighted by atomic mass is 32.2. The fourth-order valence-corrected chi connectivity index (χ4v) is 5.85. The van der Waals surface area contributed by atoms with Crippen LogP contribution >= 0.6 is 0 Å². The minimum absolute atomic E-state index is 0.0625. The number of methoxy groups -OCH3 is 1. The van der Waals surface area contributed by atoms with Crippen LogP contribution in [-0.4, -0.2) is 74.5 Å². The molecule has 1 saturated heterocycles. The predicted molar refractivity (Wildman–Crippen MR) is 137 cm³/mol. The Hall–Kier alpha value is -4.18. The van der Waals surface area contributed by atoms with Gasteiger partial charge in [0.1, 0.15) is 17.5 Å². The first-order valence-electron chi connectivity index (χ1n) is 11.7. The Kier molecular flexibility index (Phi) is 6.43. The molecule has 0 spiro atoms. The minimum Gasteiger partial charge on any atom is -0.497 e. The Morgan fingerprint density at radius 2 is 1.68 bits per heavy atom. The van der Waals surface area contributed by atoms with Gasteiger partial charge in [-0.15, -0.1) is 0 Å². The standard InChI is InChI=1S/C27H25N3O6S/c1-36-20-10-7-18(8-11-20)19-9-12-23-22(15-19)27(33)30-14-13-29(16-24(30)26(32)28-23)25(31)17-37(34,35)21-5-3-2-4-6-21/h2-12,15,24H,13-14,16-17H2,1H3,(H,28,32)/t24-/m0/s1. The van der Waals surface area contributed by atoms with Gasteiger partial charge in [-0.2, -0.15) is 0 Å². The zero-order valence-corrected chi connectivity index (χ0v) is 20.9. The summed E-state index contributed by atoms with van der Waals surface area (Å²) in [7, 11) is -2.24. The van der Waals surface area contributed by atoms with Gasteiger partial charge in [0.15, 0.2) is 9.84 Å². The second-order valence-electron chi connectivity index (χ2n) is 8.90. The molecular weight excluding hydrogens is 494 g/mol. The maximum Gasteiger partial charge on any atom is 0.256 e. The number of ether oxygens (including phenoxy) is 1. The van der Waals surface area contributed by atoms with E-state index in [4.69, 9.17) is 4.74 Å². The van der Waals surface area contributed by atoms with Crippen molar-refractivity contribution in [2.75, 3.05) is 37.8 Å². The molecule has 1 atom stereocenters. The SMILES string of the molecule is COc1ccc(-c2ccc3c(c2)C(=O)N2CCN(C(=O)CS(=O)(=O)c4ccccc4)C[C@H]2C(=O)N3)cc1. The monoisotopic (exact) mass is 519 g/mol. The number of fused-ring (bicyclic) bond motifs is 2. The van der Waals surface area contributed by atoms with Crippen molar-refractivity contribution in [1.82, 2.24) is 9.80 Å². The first-order valence-corrected chi connectivity index (χ1v) is 13.4. The van der Waals surface area contributed by atoms with Crippen molar-refractivity contribution >= 4 is 33.2 Å². The number of nitrogens with one attached hydrogen (secondary N) is 1. The summed E-state index contributed by atoms with van der Waals surface area (Å²) in [5, 5.41) is 2.80. The molecule has 0 radical (unpaired) electrons. The number of nitrogens with zero attached hydrogens (tertiary/aromatic N) is 2. The van der Waals surface area contributed by atoms with Gasteiger partial charge in [-0.05, 0) is 47.5 Å². The molecule has 3 amide bonds. The molecule has 9 nitrogen and oxygen atoms in total. The smallest absolute Gasteiger partial charge is 0.256 e. The summed E-state index contributed by atoms with van der Waals surface area (Å²) in [6.07, 6.45) is 0. The lowest BCUT2D eigenvalue weighted by Crippen LogP contribution is -2.60. The van der Waals surface area contributed by atoms with Gasteiger partial charge in [0.05, 0.1) is 29.8 Å². The van der Waals surface area contributed by atoms with Crippen LogP contribution in [0.3, 0.4) is 0 Å². The third-order valence-corrected chi connectivity index (χ3v) is 8.26. The Balaban J connectivity index is 1.35. The van der Waals surface area contributed by atoms with E-state index in [0.717, 1.165) is 11.1 Å². The maximum atomic E-state index is 13.5. The van der Waals surface area contributed by atoms with Crippen molar-refractivity contribution < 1.29 is 27.5 Å². The number of hydrogen-bond donors (Lipinski definition) is 1. The number of piperazine rings is 1. The average Bonchev–Trinajstić information content (AvgIpc) is 3.02. The summed E-state index contributed by atoms with van der Waals surface area (Å²) in [4.78, 5) is 42.3. The van der Waals surface area contributed by atoms with Gasteiger partial charge >= 0.3 is 0 Å². The molecule has 0 aromatic heterocycles. The molecule has 3 aromatic carbocycles. The van der Waals surface area contributed by atoms with E-state index in [-0.39, 0.29) is 30.4 Å². The third kappa shape index (κ3) is 4.79. The van der Waals surface area contributed by atoms with Gasteiger partial charge in [0.2, 0.25) is 11.8 Å². The van der Waals surface area contributed by atoms with Crippen molar-refractivity contribution in [3.63, 3.8) is 0 Å². The summed E-state index contributed by atoms with van der Waals surface area (Å²) < 4.78 is 30.6. The van der Waals surface area contributed by atoms with Crippen molar-refractivity contribution in [2.45, 2.75) is 10.9 Å². The van der Waals surface area contributed by atoms with Gasteiger partial charge in [-0.3, -0.25) is 14.4 Å². The minimum atomic E-state index is -3.83. The molecule has 190 valence electrons. The van der Waals surface area contributed by atoms with Crippen LogP contribution in [0.1, 0.15) is 10.4 Å². The zero-order valence-electron chi connectivity index (χ0n) is 20.1. The normalized spacial score (nSPS) is 17.4. The number of hydrogen-bond acceptors (Lipinski definition) is 6. The molecule has 0 unspecified atom stereocenters. The summed E-state index contributed by atoms with van der Waals surface area (Å²) in [5.74, 6) is -1.34. The highest BCUT2D eigenvalue weighted by Crippen LogP contribution is 2.31. The highest BCUT2D eigenvalue weighted by molar-refractivity contribution is 7.92. The highest BCUT2D eigenvalue weighted by Gasteiger charge is 2.41. The van der Waals surface area contributed by atoms with E-state index >= 15 is 0 Å². The topological polar surface area (TPSA) is 113 Å². The molecule has 1 N–H and O–H groups in total. The third-order valence-electron chi connectivity index (χ3n) is 6.64. The molecule has 0 aliphatic carbocycles. The second kappa shape index (κ2) is 9.70. The van der Waals surface area contributed by atoms with Gasteiger partial charge in [0, 0.05) is 13.1 Å². The van der Waals surface area contributed by atoms with E-state index in [2.05, 4.69) is 5.32 Å². The summed E-state index contributed by atoms with van der Waals surface area (Å²) in [5.41, 5.74) is 2.45. The van der Waals surface area contributed by atoms with Crippen molar-refractivity contribution in [2.24, 2.45) is 0 Å². The number of anilines is 1. The Morgan fingerprint density at radius 1 is 0.973 bits per heavy atom. The fourth-order valence-electron chi connectivity index (χ4n) is 4.61. The number of amides is 3. The summed E-state index contributed by atoms with van der Waals surface area (Å²) in [6.45, 7) is 0.159. The first-order chi connectivity index (χ1) is 17.8. The van der Waals surface area contributed by atoms with Crippen LogP contribution < -0.4 is 10.1 Å². The molecular formula is C27H25N3O6S. The molecule has 37 heavy (non-hydrogen) atoms. The van der Waals surface area contributed by atoms with E-state index < -0.39 is 33.4 Å². The van der Waals surface area contributed by atoms with Crippen LogP contribution in [0.2, 0.25) is 0 Å². The molecule has 2 aliphatic heterocycles. The second-order valence-corrected chi connectivity index (χ2v) is 10.9. The van der Waals surface area contributed by atoms with Crippen molar-refractivity contribution in [3.05, 3.63) is 78.4 Å². The van der Waals surface area contributed by atoms with Crippen molar-refractivity contribution in [1.29, 1.82) is 0 Å². The number of benzene rings is 3. The van der Waals surface area contributed by atoms with E-state index in [0.29, 0.717) is 17.0 Å². The fraction of sp³-hybridized carbons (Fsp3) is 0.222. The molecule has 2 aliphatic rings. The summed E-state index contributed by atoms with van der Waals surface area (Å²) >= 11 is 0. The maximum absolute atomic E-state index is 13.5.